The monoisotopic (exact) mass is 456 g/mol. The minimum atomic E-state index is -0.0927. The van der Waals surface area contributed by atoms with Crippen LogP contribution in [0.15, 0.2) is 34.8 Å². The third kappa shape index (κ3) is 4.80. The molecule has 1 N–H and O–H groups in total. The molecule has 2 aromatic heterocycles. The Bertz CT molecular complexity index is 1060. The molecule has 0 saturated carbocycles. The molecular weight excluding hydrogens is 428 g/mol. The first-order chi connectivity index (χ1) is 15.1. The Morgan fingerprint density at radius 3 is 2.87 bits per heavy atom. The number of carbonyl (C=O) groups is 1. The maximum Gasteiger partial charge on any atom is 0.234 e. The molecule has 0 bridgehead atoms. The summed E-state index contributed by atoms with van der Waals surface area (Å²) in [5.74, 6) is 1.76. The van der Waals surface area contributed by atoms with Crippen molar-refractivity contribution >= 4 is 34.7 Å². The smallest absolute Gasteiger partial charge is 0.234 e. The van der Waals surface area contributed by atoms with E-state index in [-0.39, 0.29) is 17.7 Å². The topological polar surface area (TPSA) is 69.0 Å². The van der Waals surface area contributed by atoms with Crippen molar-refractivity contribution in [3.05, 3.63) is 40.1 Å². The SMILES string of the molecule is CCOc1ccccc1NC(=O)CSc1nnc(-c2csc3c2CCCC3)n1C(C)C. The number of hydrogen-bond donors (Lipinski definition) is 1. The van der Waals surface area contributed by atoms with Crippen molar-refractivity contribution in [2.24, 2.45) is 0 Å². The van der Waals surface area contributed by atoms with Crippen LogP contribution in [0.25, 0.3) is 11.4 Å². The summed E-state index contributed by atoms with van der Waals surface area (Å²) in [6.45, 7) is 6.74. The first-order valence-electron chi connectivity index (χ1n) is 10.8. The maximum absolute atomic E-state index is 12.6. The van der Waals surface area contributed by atoms with Crippen molar-refractivity contribution < 1.29 is 9.53 Å². The summed E-state index contributed by atoms with van der Waals surface area (Å²) in [6, 6.07) is 7.69. The number of aryl methyl sites for hydroxylation is 1. The van der Waals surface area contributed by atoms with Crippen LogP contribution in [0.5, 0.6) is 5.75 Å². The van der Waals surface area contributed by atoms with Crippen molar-refractivity contribution in [2.45, 2.75) is 57.7 Å². The minimum absolute atomic E-state index is 0.0927. The molecule has 0 radical (unpaired) electrons. The van der Waals surface area contributed by atoms with Crippen molar-refractivity contribution in [3.8, 4) is 17.1 Å². The lowest BCUT2D eigenvalue weighted by Crippen LogP contribution is -2.16. The first kappa shape index (κ1) is 21.9. The zero-order valence-electron chi connectivity index (χ0n) is 18.2. The number of aromatic nitrogens is 3. The predicted octanol–water partition coefficient (Wildman–Crippen LogP) is 5.60. The Labute approximate surface area is 191 Å². The molecule has 0 unspecified atom stereocenters. The number of benzene rings is 1. The van der Waals surface area contributed by atoms with Crippen LogP contribution >= 0.6 is 23.1 Å². The fourth-order valence-corrected chi connectivity index (χ4v) is 5.87. The van der Waals surface area contributed by atoms with Gasteiger partial charge in [0.25, 0.3) is 0 Å². The number of fused-ring (bicyclic) bond motifs is 1. The number of nitrogens with zero attached hydrogens (tertiary/aromatic N) is 3. The predicted molar refractivity (Wildman–Crippen MR) is 127 cm³/mol. The van der Waals surface area contributed by atoms with Gasteiger partial charge in [0.05, 0.1) is 18.0 Å². The molecule has 0 aliphatic heterocycles. The third-order valence-electron chi connectivity index (χ3n) is 5.28. The van der Waals surface area contributed by atoms with Crippen LogP contribution in [0.3, 0.4) is 0 Å². The molecule has 4 rings (SSSR count). The van der Waals surface area contributed by atoms with Crippen molar-refractivity contribution in [3.63, 3.8) is 0 Å². The van der Waals surface area contributed by atoms with E-state index in [4.69, 9.17) is 4.74 Å². The summed E-state index contributed by atoms with van der Waals surface area (Å²) in [4.78, 5) is 14.1. The molecule has 1 aliphatic rings. The van der Waals surface area contributed by atoms with Gasteiger partial charge < -0.3 is 10.1 Å². The van der Waals surface area contributed by atoms with Crippen LogP contribution in [0.4, 0.5) is 5.69 Å². The number of hydrogen-bond acceptors (Lipinski definition) is 6. The van der Waals surface area contributed by atoms with E-state index in [1.165, 1.54) is 47.0 Å². The lowest BCUT2D eigenvalue weighted by molar-refractivity contribution is -0.113. The minimum Gasteiger partial charge on any atom is -0.492 e. The normalized spacial score (nSPS) is 13.3. The zero-order valence-corrected chi connectivity index (χ0v) is 19.8. The highest BCUT2D eigenvalue weighted by Crippen LogP contribution is 2.38. The lowest BCUT2D eigenvalue weighted by Gasteiger charge is -2.16. The lowest BCUT2D eigenvalue weighted by atomic mass is 9.95. The van der Waals surface area contributed by atoms with Crippen LogP contribution in [-0.2, 0) is 17.6 Å². The first-order valence-corrected chi connectivity index (χ1v) is 12.6. The number of para-hydroxylation sites is 2. The van der Waals surface area contributed by atoms with Gasteiger partial charge in [0, 0.05) is 21.9 Å². The van der Waals surface area contributed by atoms with Gasteiger partial charge in [-0.05, 0) is 64.2 Å². The molecular formula is C23H28N4O2S2. The van der Waals surface area contributed by atoms with Gasteiger partial charge in [-0.15, -0.1) is 21.5 Å². The number of anilines is 1. The van der Waals surface area contributed by atoms with Gasteiger partial charge in [0.2, 0.25) is 5.91 Å². The maximum atomic E-state index is 12.6. The summed E-state index contributed by atoms with van der Waals surface area (Å²) in [5.41, 5.74) is 3.33. The summed E-state index contributed by atoms with van der Waals surface area (Å²) < 4.78 is 7.75. The van der Waals surface area contributed by atoms with Crippen molar-refractivity contribution in [1.29, 1.82) is 0 Å². The molecule has 31 heavy (non-hydrogen) atoms. The fraction of sp³-hybridized carbons (Fsp3) is 0.435. The Morgan fingerprint density at radius 1 is 1.26 bits per heavy atom. The highest BCUT2D eigenvalue weighted by Gasteiger charge is 2.23. The van der Waals surface area contributed by atoms with E-state index in [0.29, 0.717) is 18.0 Å². The highest BCUT2D eigenvalue weighted by molar-refractivity contribution is 7.99. The summed E-state index contributed by atoms with van der Waals surface area (Å²) in [7, 11) is 0. The molecule has 164 valence electrons. The molecule has 2 heterocycles. The third-order valence-corrected chi connectivity index (χ3v) is 7.31. The quantitative estimate of drug-likeness (QED) is 0.447. The second kappa shape index (κ2) is 9.87. The Hall–Kier alpha value is -2.32. The number of rotatable bonds is 8. The van der Waals surface area contributed by atoms with Gasteiger partial charge in [-0.1, -0.05) is 23.9 Å². The van der Waals surface area contributed by atoms with Crippen LogP contribution in [-0.4, -0.2) is 33.0 Å². The van der Waals surface area contributed by atoms with Gasteiger partial charge in [-0.25, -0.2) is 0 Å². The largest absolute Gasteiger partial charge is 0.492 e. The van der Waals surface area contributed by atoms with Crippen molar-refractivity contribution in [2.75, 3.05) is 17.7 Å². The van der Waals surface area contributed by atoms with E-state index in [0.717, 1.165) is 17.4 Å². The standard InChI is InChI=1S/C23H28N4O2S2/c1-4-29-19-11-7-6-10-18(19)24-21(28)14-31-23-26-25-22(27(23)15(2)3)17-13-30-20-12-8-5-9-16(17)20/h6-7,10-11,13,15H,4-5,8-9,12,14H2,1-3H3,(H,24,28). The van der Waals surface area contributed by atoms with E-state index in [2.05, 4.69) is 39.3 Å². The van der Waals surface area contributed by atoms with Gasteiger partial charge in [0.15, 0.2) is 11.0 Å². The summed E-state index contributed by atoms with van der Waals surface area (Å²) in [5, 5.41) is 14.9. The molecule has 8 heteroatoms. The van der Waals surface area contributed by atoms with Crippen LogP contribution in [0, 0.1) is 0 Å². The van der Waals surface area contributed by atoms with Crippen LogP contribution in [0.1, 0.15) is 50.1 Å². The van der Waals surface area contributed by atoms with Gasteiger partial charge in [0.1, 0.15) is 5.75 Å². The Balaban J connectivity index is 1.50. The molecule has 0 fully saturated rings. The van der Waals surface area contributed by atoms with E-state index in [1.54, 1.807) is 0 Å². The number of ether oxygens (including phenoxy) is 1. The highest BCUT2D eigenvalue weighted by atomic mass is 32.2. The molecule has 0 atom stereocenters. The van der Waals surface area contributed by atoms with Gasteiger partial charge >= 0.3 is 0 Å². The van der Waals surface area contributed by atoms with E-state index in [1.807, 2.05) is 42.5 Å². The average Bonchev–Trinajstić information content (AvgIpc) is 3.37. The fourth-order valence-electron chi connectivity index (χ4n) is 3.87. The number of carbonyl (C=O) groups excluding carboxylic acids is 1. The molecule has 0 spiro atoms. The molecule has 6 nitrogen and oxygen atoms in total. The van der Waals surface area contributed by atoms with Crippen molar-refractivity contribution in [1.82, 2.24) is 14.8 Å². The summed E-state index contributed by atoms with van der Waals surface area (Å²) in [6.07, 6.45) is 4.79. The number of thioether (sulfide) groups is 1. The number of nitrogens with one attached hydrogen (secondary N) is 1. The van der Waals surface area contributed by atoms with Gasteiger partial charge in [-0.2, -0.15) is 0 Å². The second-order valence-electron chi connectivity index (χ2n) is 7.79. The van der Waals surface area contributed by atoms with Crippen LogP contribution in [0.2, 0.25) is 0 Å². The average molecular weight is 457 g/mol. The Kier molecular flexibility index (Phi) is 6.97. The van der Waals surface area contributed by atoms with Gasteiger partial charge in [-0.3, -0.25) is 9.36 Å². The Morgan fingerprint density at radius 2 is 2.06 bits per heavy atom. The zero-order chi connectivity index (χ0) is 21.8. The summed E-state index contributed by atoms with van der Waals surface area (Å²) >= 11 is 3.25. The second-order valence-corrected chi connectivity index (χ2v) is 9.70. The molecule has 1 aromatic carbocycles. The number of thiophene rings is 1. The molecule has 1 amide bonds. The van der Waals surface area contributed by atoms with E-state index >= 15 is 0 Å². The molecule has 3 aromatic rings. The number of amides is 1. The molecule has 1 aliphatic carbocycles. The van der Waals surface area contributed by atoms with E-state index < -0.39 is 0 Å². The molecule has 0 saturated heterocycles. The van der Waals surface area contributed by atoms with E-state index in [9.17, 15) is 4.79 Å². The van der Waals surface area contributed by atoms with Crippen LogP contribution < -0.4 is 10.1 Å².